The van der Waals surface area contributed by atoms with Crippen molar-refractivity contribution in [2.45, 2.75) is 19.0 Å². The number of carbonyl (C=O) groups excluding carboxylic acids is 1. The molecule has 1 amide bonds. The number of rotatable bonds is 6. The highest BCUT2D eigenvalue weighted by Crippen LogP contribution is 2.37. The Balaban J connectivity index is 1.68. The zero-order chi connectivity index (χ0) is 20.4. The number of nitrogens with zero attached hydrogens (tertiary/aromatic N) is 3. The summed E-state index contributed by atoms with van der Waals surface area (Å²) in [6.07, 6.45) is 2.36. The van der Waals surface area contributed by atoms with Gasteiger partial charge >= 0.3 is 0 Å². The first-order valence-electron chi connectivity index (χ1n) is 8.94. The van der Waals surface area contributed by atoms with Gasteiger partial charge < -0.3 is 14.0 Å². The highest BCUT2D eigenvalue weighted by molar-refractivity contribution is 7.12. The predicted molar refractivity (Wildman–Crippen MR) is 113 cm³/mol. The molecule has 0 radical (unpaired) electrons. The van der Waals surface area contributed by atoms with Crippen molar-refractivity contribution in [2.24, 2.45) is 5.10 Å². The van der Waals surface area contributed by atoms with Crippen LogP contribution in [-0.4, -0.2) is 35.4 Å². The molecule has 1 N–H and O–H groups in total. The molecular formula is C20H20N4O3S2. The van der Waals surface area contributed by atoms with Gasteiger partial charge in [0.2, 0.25) is 0 Å². The molecule has 0 saturated heterocycles. The second-order valence-corrected chi connectivity index (χ2v) is 8.27. The van der Waals surface area contributed by atoms with Gasteiger partial charge in [0.25, 0.3) is 5.91 Å². The lowest BCUT2D eigenvalue weighted by molar-refractivity contribution is -0.133. The number of thiazole rings is 1. The lowest BCUT2D eigenvalue weighted by Crippen LogP contribution is -2.32. The maximum Gasteiger partial charge on any atom is 0.263 e. The molecule has 1 aromatic carbocycles. The van der Waals surface area contributed by atoms with Gasteiger partial charge in [-0.2, -0.15) is 5.10 Å². The van der Waals surface area contributed by atoms with Crippen LogP contribution in [0.2, 0.25) is 0 Å². The Bertz CT molecular complexity index is 1100. The van der Waals surface area contributed by atoms with Crippen LogP contribution in [0.1, 0.15) is 22.9 Å². The van der Waals surface area contributed by atoms with Crippen LogP contribution in [0.4, 0.5) is 0 Å². The standard InChI is InChI=1S/C20H20N4O3S2/c1-26-16-6-5-13(10-17(16)27-2)15-11-14(18-4-3-8-28-18)22-24(15)19(25)12-23-7-9-29-20(23)21/h3-10,15,21H,11-12H2,1-2H3/t15-/m0/s1. The van der Waals surface area contributed by atoms with E-state index in [1.807, 2.05) is 35.7 Å². The van der Waals surface area contributed by atoms with Crippen LogP contribution in [0.3, 0.4) is 0 Å². The number of amides is 1. The monoisotopic (exact) mass is 428 g/mol. The topological polar surface area (TPSA) is 79.9 Å². The van der Waals surface area contributed by atoms with Crippen molar-refractivity contribution >= 4 is 34.3 Å². The molecule has 9 heteroatoms. The van der Waals surface area contributed by atoms with E-state index in [-0.39, 0.29) is 18.5 Å². The molecule has 7 nitrogen and oxygen atoms in total. The first-order valence-corrected chi connectivity index (χ1v) is 10.7. The summed E-state index contributed by atoms with van der Waals surface area (Å²) in [4.78, 5) is 14.5. The molecule has 0 unspecified atom stereocenters. The largest absolute Gasteiger partial charge is 0.493 e. The molecule has 0 saturated carbocycles. The van der Waals surface area contributed by atoms with Crippen molar-refractivity contribution in [3.05, 3.63) is 62.5 Å². The number of hydrogen-bond donors (Lipinski definition) is 1. The zero-order valence-corrected chi connectivity index (χ0v) is 17.6. The van der Waals surface area contributed by atoms with Gasteiger partial charge in [0.1, 0.15) is 6.54 Å². The summed E-state index contributed by atoms with van der Waals surface area (Å²) in [5.41, 5.74) is 1.81. The Hall–Kier alpha value is -2.91. The smallest absolute Gasteiger partial charge is 0.263 e. The first-order chi connectivity index (χ1) is 14.1. The number of hydrazone groups is 1. The molecule has 0 aliphatic carbocycles. The number of methoxy groups -OCH3 is 2. The molecule has 4 rings (SSSR count). The van der Waals surface area contributed by atoms with Crippen LogP contribution in [0.25, 0.3) is 0 Å². The third-order valence-corrected chi connectivity index (χ3v) is 6.39. The van der Waals surface area contributed by atoms with E-state index in [0.717, 1.165) is 16.2 Å². The summed E-state index contributed by atoms with van der Waals surface area (Å²) in [5, 5.41) is 17.9. The van der Waals surface area contributed by atoms with Crippen LogP contribution in [0, 0.1) is 5.41 Å². The number of hydrogen-bond acceptors (Lipinski definition) is 7. The Morgan fingerprint density at radius 3 is 2.69 bits per heavy atom. The van der Waals surface area contributed by atoms with Gasteiger partial charge in [0.05, 0.1) is 30.9 Å². The number of thiophene rings is 1. The number of carbonyl (C=O) groups is 1. The van der Waals surface area contributed by atoms with E-state index in [4.69, 9.17) is 14.9 Å². The van der Waals surface area contributed by atoms with E-state index < -0.39 is 0 Å². The van der Waals surface area contributed by atoms with Crippen LogP contribution in [-0.2, 0) is 11.3 Å². The number of aromatic nitrogens is 1. The average Bonchev–Trinajstić information content (AvgIpc) is 3.48. The maximum atomic E-state index is 13.1. The van der Waals surface area contributed by atoms with Gasteiger partial charge in [-0.25, -0.2) is 5.01 Å². The predicted octanol–water partition coefficient (Wildman–Crippen LogP) is 3.49. The minimum atomic E-state index is -0.243. The van der Waals surface area contributed by atoms with Gasteiger partial charge in [-0.15, -0.1) is 22.7 Å². The molecular weight excluding hydrogens is 408 g/mol. The minimum absolute atomic E-state index is 0.0767. The fourth-order valence-corrected chi connectivity index (χ4v) is 4.62. The van der Waals surface area contributed by atoms with Crippen molar-refractivity contribution in [3.63, 3.8) is 0 Å². The third-order valence-electron chi connectivity index (χ3n) is 4.75. The van der Waals surface area contributed by atoms with Crippen molar-refractivity contribution < 1.29 is 14.3 Å². The molecule has 3 heterocycles. The lowest BCUT2D eigenvalue weighted by Gasteiger charge is -2.23. The maximum absolute atomic E-state index is 13.1. The summed E-state index contributed by atoms with van der Waals surface area (Å²) in [5.74, 6) is 1.09. The van der Waals surface area contributed by atoms with Crippen LogP contribution in [0.5, 0.6) is 11.5 Å². The van der Waals surface area contributed by atoms with E-state index in [0.29, 0.717) is 22.7 Å². The summed E-state index contributed by atoms with van der Waals surface area (Å²) in [7, 11) is 3.19. The molecule has 0 bridgehead atoms. The molecule has 29 heavy (non-hydrogen) atoms. The number of benzene rings is 1. The molecule has 150 valence electrons. The van der Waals surface area contributed by atoms with Crippen molar-refractivity contribution in [2.75, 3.05) is 14.2 Å². The molecule has 3 aromatic rings. The zero-order valence-electron chi connectivity index (χ0n) is 16.0. The highest BCUT2D eigenvalue weighted by Gasteiger charge is 2.34. The highest BCUT2D eigenvalue weighted by atomic mass is 32.1. The Kier molecular flexibility index (Phi) is 5.50. The Labute approximate surface area is 176 Å². The Morgan fingerprint density at radius 1 is 1.21 bits per heavy atom. The average molecular weight is 429 g/mol. The van der Waals surface area contributed by atoms with Gasteiger partial charge in [-0.3, -0.25) is 10.2 Å². The van der Waals surface area contributed by atoms with Crippen LogP contribution in [0.15, 0.2) is 52.4 Å². The molecule has 0 fully saturated rings. The molecule has 1 aliphatic rings. The number of ether oxygens (including phenoxy) is 2. The fourth-order valence-electron chi connectivity index (χ4n) is 3.30. The third kappa shape index (κ3) is 3.83. The fraction of sp³-hybridized carbons (Fsp3) is 0.250. The SMILES string of the molecule is COc1ccc([C@@H]2CC(c3cccs3)=NN2C(=O)Cn2ccsc2=N)cc1OC. The molecule has 2 aromatic heterocycles. The summed E-state index contributed by atoms with van der Waals surface area (Å²) in [6, 6.07) is 9.42. The lowest BCUT2D eigenvalue weighted by atomic mass is 10.0. The van der Waals surface area contributed by atoms with Crippen molar-refractivity contribution in [1.82, 2.24) is 9.58 Å². The number of nitrogens with one attached hydrogen (secondary N) is 1. The second kappa shape index (κ2) is 8.22. The summed E-state index contributed by atoms with van der Waals surface area (Å²) < 4.78 is 12.4. The van der Waals surface area contributed by atoms with Gasteiger partial charge in [-0.05, 0) is 29.1 Å². The van der Waals surface area contributed by atoms with Crippen molar-refractivity contribution in [1.29, 1.82) is 5.41 Å². The van der Waals surface area contributed by atoms with Crippen LogP contribution >= 0.6 is 22.7 Å². The first kappa shape index (κ1) is 19.4. The molecule has 0 spiro atoms. The van der Waals surface area contributed by atoms with Gasteiger partial charge in [0.15, 0.2) is 16.3 Å². The van der Waals surface area contributed by atoms with E-state index in [1.165, 1.54) is 11.3 Å². The van der Waals surface area contributed by atoms with E-state index in [9.17, 15) is 4.79 Å². The minimum Gasteiger partial charge on any atom is -0.493 e. The van der Waals surface area contributed by atoms with Crippen LogP contribution < -0.4 is 14.3 Å². The van der Waals surface area contributed by atoms with E-state index in [1.54, 1.807) is 46.7 Å². The van der Waals surface area contributed by atoms with Gasteiger partial charge in [-0.1, -0.05) is 12.1 Å². The molecule has 1 atom stereocenters. The molecule has 1 aliphatic heterocycles. The summed E-state index contributed by atoms with van der Waals surface area (Å²) >= 11 is 2.89. The van der Waals surface area contributed by atoms with Crippen molar-refractivity contribution in [3.8, 4) is 11.5 Å². The Morgan fingerprint density at radius 2 is 2.03 bits per heavy atom. The normalized spacial score (nSPS) is 16.0. The quantitative estimate of drug-likeness (QED) is 0.653. The summed E-state index contributed by atoms with van der Waals surface area (Å²) in [6.45, 7) is 0.0767. The van der Waals surface area contributed by atoms with E-state index in [2.05, 4.69) is 5.10 Å². The van der Waals surface area contributed by atoms with E-state index >= 15 is 0 Å². The second-order valence-electron chi connectivity index (χ2n) is 6.43. The van der Waals surface area contributed by atoms with Gasteiger partial charge in [0, 0.05) is 18.0 Å².